The van der Waals surface area contributed by atoms with Crippen molar-refractivity contribution in [2.75, 3.05) is 12.3 Å². The number of benzene rings is 2. The van der Waals surface area contributed by atoms with Crippen molar-refractivity contribution in [2.45, 2.75) is 0 Å². The molecule has 0 unspecified atom stereocenters. The lowest BCUT2D eigenvalue weighted by molar-refractivity contribution is 0.0690. The summed E-state index contributed by atoms with van der Waals surface area (Å²) in [4.78, 5) is 23.3. The molecule has 0 saturated heterocycles. The van der Waals surface area contributed by atoms with E-state index < -0.39 is 29.7 Å². The molecule has 0 radical (unpaired) electrons. The van der Waals surface area contributed by atoms with Gasteiger partial charge in [-0.3, -0.25) is 4.79 Å². The van der Waals surface area contributed by atoms with Gasteiger partial charge in [0.15, 0.2) is 6.61 Å². The van der Waals surface area contributed by atoms with Crippen molar-refractivity contribution < 1.29 is 28.9 Å². The highest BCUT2D eigenvalue weighted by Crippen LogP contribution is 2.25. The van der Waals surface area contributed by atoms with Crippen LogP contribution in [-0.2, 0) is 0 Å². The normalized spacial score (nSPS) is 10.3. The molecule has 2 aromatic rings. The molecule has 0 aliphatic heterocycles. The minimum absolute atomic E-state index is 0.0504. The van der Waals surface area contributed by atoms with Crippen LogP contribution in [0.5, 0.6) is 11.5 Å². The van der Waals surface area contributed by atoms with Gasteiger partial charge in [0.2, 0.25) is 5.78 Å². The number of phenols is 1. The van der Waals surface area contributed by atoms with Gasteiger partial charge in [-0.25, -0.2) is 9.18 Å². The second-order valence-corrected chi connectivity index (χ2v) is 4.96. The van der Waals surface area contributed by atoms with Crippen molar-refractivity contribution in [3.05, 3.63) is 52.3 Å². The SMILES string of the molecule is Nc1cc(O)cc(C(=O)O)c1C(=O)COc1ccc(Cl)c(F)c1. The van der Waals surface area contributed by atoms with Crippen molar-refractivity contribution >= 4 is 29.0 Å². The van der Waals surface area contributed by atoms with E-state index in [2.05, 4.69) is 0 Å². The number of hydrogen-bond donors (Lipinski definition) is 3. The zero-order valence-electron chi connectivity index (χ0n) is 11.5. The number of ether oxygens (including phenoxy) is 1. The van der Waals surface area contributed by atoms with E-state index in [1.54, 1.807) is 0 Å². The number of aromatic hydroxyl groups is 1. The molecule has 0 atom stereocenters. The lowest BCUT2D eigenvalue weighted by atomic mass is 10.0. The molecule has 8 heteroatoms. The number of ketones is 1. The first-order valence-electron chi connectivity index (χ1n) is 6.26. The summed E-state index contributed by atoms with van der Waals surface area (Å²) in [6, 6.07) is 5.58. The second-order valence-electron chi connectivity index (χ2n) is 4.55. The van der Waals surface area contributed by atoms with Gasteiger partial charge in [0.25, 0.3) is 0 Å². The fraction of sp³-hybridized carbons (Fsp3) is 0.0667. The summed E-state index contributed by atoms with van der Waals surface area (Å²) in [5.41, 5.74) is 4.67. The van der Waals surface area contributed by atoms with E-state index >= 15 is 0 Å². The second kappa shape index (κ2) is 6.53. The first-order valence-corrected chi connectivity index (χ1v) is 6.64. The predicted octanol–water partition coefficient (Wildman–Crippen LogP) is 2.73. The molecule has 4 N–H and O–H groups in total. The smallest absolute Gasteiger partial charge is 0.336 e. The number of Topliss-reactive ketones (excluding diaryl/α,β-unsaturated/α-hetero) is 1. The summed E-state index contributed by atoms with van der Waals surface area (Å²) < 4.78 is 18.4. The molecule has 0 spiro atoms. The molecule has 0 saturated carbocycles. The summed E-state index contributed by atoms with van der Waals surface area (Å²) in [6.07, 6.45) is 0. The van der Waals surface area contributed by atoms with Crippen LogP contribution in [0.25, 0.3) is 0 Å². The highest BCUT2D eigenvalue weighted by Gasteiger charge is 2.21. The number of carbonyl (C=O) groups is 2. The van der Waals surface area contributed by atoms with Gasteiger partial charge >= 0.3 is 5.97 Å². The van der Waals surface area contributed by atoms with E-state index in [9.17, 15) is 19.1 Å². The number of aromatic carboxylic acids is 1. The average Bonchev–Trinajstić information content (AvgIpc) is 2.47. The average molecular weight is 340 g/mol. The number of halogens is 2. The molecule has 0 heterocycles. The first kappa shape index (κ1) is 16.6. The summed E-state index contributed by atoms with van der Waals surface area (Å²) in [5, 5.41) is 18.4. The molecule has 120 valence electrons. The number of rotatable bonds is 5. The molecule has 0 bridgehead atoms. The molecule has 0 aliphatic carbocycles. The molecule has 6 nitrogen and oxygen atoms in total. The molecule has 23 heavy (non-hydrogen) atoms. The summed E-state index contributed by atoms with van der Waals surface area (Å²) in [5.74, 6) is -3.19. The monoisotopic (exact) mass is 339 g/mol. The van der Waals surface area contributed by atoms with Crippen LogP contribution in [0, 0.1) is 5.82 Å². The number of carboxylic acids is 1. The molecule has 2 aromatic carbocycles. The molecule has 2 rings (SSSR count). The van der Waals surface area contributed by atoms with Crippen LogP contribution in [0.3, 0.4) is 0 Å². The van der Waals surface area contributed by atoms with Gasteiger partial charge in [-0.05, 0) is 18.2 Å². The third kappa shape index (κ3) is 3.70. The van der Waals surface area contributed by atoms with E-state index in [0.717, 1.165) is 18.2 Å². The third-order valence-electron chi connectivity index (χ3n) is 2.92. The Labute approximate surface area is 134 Å². The van der Waals surface area contributed by atoms with Gasteiger partial charge in [0.05, 0.1) is 16.1 Å². The lowest BCUT2D eigenvalue weighted by Gasteiger charge is -2.11. The van der Waals surface area contributed by atoms with E-state index in [4.69, 9.17) is 27.2 Å². The third-order valence-corrected chi connectivity index (χ3v) is 3.23. The fourth-order valence-electron chi connectivity index (χ4n) is 1.92. The topological polar surface area (TPSA) is 110 Å². The van der Waals surface area contributed by atoms with Gasteiger partial charge in [-0.2, -0.15) is 0 Å². The number of hydrogen-bond acceptors (Lipinski definition) is 5. The van der Waals surface area contributed by atoms with Crippen LogP contribution in [0.4, 0.5) is 10.1 Å². The van der Waals surface area contributed by atoms with Crippen LogP contribution in [-0.4, -0.2) is 28.6 Å². The molecule has 0 aliphatic rings. The maximum absolute atomic E-state index is 13.3. The van der Waals surface area contributed by atoms with E-state index in [0.29, 0.717) is 0 Å². The fourth-order valence-corrected chi connectivity index (χ4v) is 2.03. The van der Waals surface area contributed by atoms with Gasteiger partial charge in [0.1, 0.15) is 17.3 Å². The highest BCUT2D eigenvalue weighted by molar-refractivity contribution is 6.30. The Kier molecular flexibility index (Phi) is 4.71. The predicted molar refractivity (Wildman–Crippen MR) is 80.7 cm³/mol. The Morgan fingerprint density at radius 2 is 1.96 bits per heavy atom. The number of nitrogens with two attached hydrogens (primary N) is 1. The summed E-state index contributed by atoms with van der Waals surface area (Å²) in [7, 11) is 0. The quantitative estimate of drug-likeness (QED) is 0.570. The lowest BCUT2D eigenvalue weighted by Crippen LogP contribution is -2.18. The molecular weight excluding hydrogens is 329 g/mol. The molecule has 0 amide bonds. The zero-order chi connectivity index (χ0) is 17.1. The van der Waals surface area contributed by atoms with Gasteiger partial charge in [0, 0.05) is 17.8 Å². The van der Waals surface area contributed by atoms with Crippen molar-refractivity contribution in [1.82, 2.24) is 0 Å². The van der Waals surface area contributed by atoms with E-state index in [-0.39, 0.29) is 27.8 Å². The van der Waals surface area contributed by atoms with E-state index in [1.165, 1.54) is 12.1 Å². The van der Waals surface area contributed by atoms with Crippen molar-refractivity contribution in [3.8, 4) is 11.5 Å². The Bertz CT molecular complexity index is 794. The Balaban J connectivity index is 2.24. The summed E-state index contributed by atoms with van der Waals surface area (Å²) >= 11 is 5.53. The van der Waals surface area contributed by atoms with Crippen molar-refractivity contribution in [1.29, 1.82) is 0 Å². The minimum Gasteiger partial charge on any atom is -0.508 e. The number of carboxylic acid groups (broad SMARTS) is 1. The van der Waals surface area contributed by atoms with Gasteiger partial charge < -0.3 is 20.7 Å². The number of phenolic OH excluding ortho intramolecular Hbond substituents is 1. The minimum atomic E-state index is -1.42. The maximum Gasteiger partial charge on any atom is 0.336 e. The Hall–Kier alpha value is -2.80. The van der Waals surface area contributed by atoms with Crippen molar-refractivity contribution in [3.63, 3.8) is 0 Å². The van der Waals surface area contributed by atoms with Gasteiger partial charge in [-0.1, -0.05) is 11.6 Å². The Morgan fingerprint density at radius 1 is 1.26 bits per heavy atom. The number of carbonyl (C=O) groups excluding carboxylic acids is 1. The molecular formula is C15H11ClFNO5. The number of anilines is 1. The maximum atomic E-state index is 13.3. The molecule has 0 fully saturated rings. The number of nitrogen functional groups attached to an aromatic ring is 1. The largest absolute Gasteiger partial charge is 0.508 e. The van der Waals surface area contributed by atoms with Crippen LogP contribution in [0.15, 0.2) is 30.3 Å². The van der Waals surface area contributed by atoms with Crippen LogP contribution < -0.4 is 10.5 Å². The van der Waals surface area contributed by atoms with Crippen LogP contribution in [0.2, 0.25) is 5.02 Å². The van der Waals surface area contributed by atoms with Crippen LogP contribution in [0.1, 0.15) is 20.7 Å². The van der Waals surface area contributed by atoms with Gasteiger partial charge in [-0.15, -0.1) is 0 Å². The Morgan fingerprint density at radius 3 is 2.57 bits per heavy atom. The van der Waals surface area contributed by atoms with Crippen LogP contribution >= 0.6 is 11.6 Å². The van der Waals surface area contributed by atoms with Crippen molar-refractivity contribution in [2.24, 2.45) is 0 Å². The first-order chi connectivity index (χ1) is 10.8. The standard InChI is InChI=1S/C15H11ClFNO5/c16-10-2-1-8(5-11(10)17)23-6-13(20)14-9(15(21)22)3-7(19)4-12(14)18/h1-5,19H,6,18H2,(H,21,22). The summed E-state index contributed by atoms with van der Waals surface area (Å²) in [6.45, 7) is -0.559. The highest BCUT2D eigenvalue weighted by atomic mass is 35.5. The van der Waals surface area contributed by atoms with E-state index in [1.807, 2.05) is 0 Å². The zero-order valence-corrected chi connectivity index (χ0v) is 12.3. The molecule has 0 aromatic heterocycles.